The number of hydrogen-bond donors (Lipinski definition) is 0. The molecule has 5 heteroatoms. The molecule has 2 aliphatic rings. The number of benzene rings is 1. The predicted molar refractivity (Wildman–Crippen MR) is 95.1 cm³/mol. The minimum absolute atomic E-state index is 0.00925. The van der Waals surface area contributed by atoms with Gasteiger partial charge in [0.05, 0.1) is 0 Å². The molecule has 4 nitrogen and oxygen atoms in total. The third-order valence-electron chi connectivity index (χ3n) is 5.17. The highest BCUT2D eigenvalue weighted by Crippen LogP contribution is 2.24. The monoisotopic (exact) mass is 348 g/mol. The molecule has 0 spiro atoms. The summed E-state index contributed by atoms with van der Waals surface area (Å²) in [7, 11) is 0. The molecule has 0 radical (unpaired) electrons. The van der Waals surface area contributed by atoms with Gasteiger partial charge in [0.1, 0.15) is 0 Å². The molecule has 3 rings (SSSR count). The minimum atomic E-state index is 0.00925. The van der Waals surface area contributed by atoms with Crippen molar-refractivity contribution in [2.75, 3.05) is 26.2 Å². The van der Waals surface area contributed by atoms with E-state index in [-0.39, 0.29) is 17.7 Å². The lowest BCUT2D eigenvalue weighted by Crippen LogP contribution is -2.47. The van der Waals surface area contributed by atoms with E-state index < -0.39 is 0 Å². The van der Waals surface area contributed by atoms with Crippen molar-refractivity contribution in [3.8, 4) is 0 Å². The molecule has 2 aliphatic heterocycles. The van der Waals surface area contributed by atoms with E-state index in [2.05, 4.69) is 6.92 Å². The van der Waals surface area contributed by atoms with Gasteiger partial charge in [-0.05, 0) is 49.8 Å². The van der Waals surface area contributed by atoms with Gasteiger partial charge in [-0.25, -0.2) is 0 Å². The summed E-state index contributed by atoms with van der Waals surface area (Å²) < 4.78 is 0. The molecule has 1 aromatic rings. The Labute approximate surface area is 148 Å². The van der Waals surface area contributed by atoms with Crippen LogP contribution in [0.4, 0.5) is 0 Å². The second-order valence-corrected chi connectivity index (χ2v) is 7.54. The van der Waals surface area contributed by atoms with Crippen molar-refractivity contribution in [3.63, 3.8) is 0 Å². The summed E-state index contributed by atoms with van der Waals surface area (Å²) in [6, 6.07) is 7.06. The molecule has 130 valence electrons. The number of carbonyl (C=O) groups excluding carboxylic acids is 2. The Morgan fingerprint density at radius 1 is 1.08 bits per heavy atom. The van der Waals surface area contributed by atoms with E-state index in [0.29, 0.717) is 29.6 Å². The average Bonchev–Trinajstić information content (AvgIpc) is 2.60. The molecular weight excluding hydrogens is 324 g/mol. The van der Waals surface area contributed by atoms with Gasteiger partial charge in [0.2, 0.25) is 5.91 Å². The van der Waals surface area contributed by atoms with Crippen LogP contribution in [-0.2, 0) is 4.79 Å². The standard InChI is InChI=1S/C19H25ClN2O2/c1-14-4-3-9-22(13-14)18(23)15-7-10-21(11-8-15)19(24)16-5-2-6-17(20)12-16/h2,5-6,12,14-15H,3-4,7-11,13H2,1H3/t14-/m1/s1. The highest BCUT2D eigenvalue weighted by Gasteiger charge is 2.32. The van der Waals surface area contributed by atoms with E-state index in [1.807, 2.05) is 9.80 Å². The molecule has 2 fully saturated rings. The van der Waals surface area contributed by atoms with Crippen LogP contribution in [-0.4, -0.2) is 47.8 Å². The number of amides is 2. The molecule has 1 atom stereocenters. The molecule has 0 aromatic heterocycles. The van der Waals surface area contributed by atoms with Gasteiger partial charge in [0.25, 0.3) is 5.91 Å². The molecule has 0 unspecified atom stereocenters. The van der Waals surface area contributed by atoms with Crippen LogP contribution in [0.15, 0.2) is 24.3 Å². The number of piperidine rings is 2. The van der Waals surface area contributed by atoms with Gasteiger partial charge >= 0.3 is 0 Å². The van der Waals surface area contributed by atoms with Crippen LogP contribution in [0.5, 0.6) is 0 Å². The topological polar surface area (TPSA) is 40.6 Å². The molecule has 24 heavy (non-hydrogen) atoms. The SMILES string of the molecule is C[C@@H]1CCCN(C(=O)C2CCN(C(=O)c3cccc(Cl)c3)CC2)C1. The highest BCUT2D eigenvalue weighted by atomic mass is 35.5. The maximum Gasteiger partial charge on any atom is 0.253 e. The Morgan fingerprint density at radius 3 is 2.50 bits per heavy atom. The molecule has 1 aromatic carbocycles. The molecule has 2 saturated heterocycles. The number of hydrogen-bond acceptors (Lipinski definition) is 2. The summed E-state index contributed by atoms with van der Waals surface area (Å²) in [4.78, 5) is 29.1. The predicted octanol–water partition coefficient (Wildman–Crippen LogP) is 3.45. The summed E-state index contributed by atoms with van der Waals surface area (Å²) in [6.45, 7) is 5.29. The van der Waals surface area contributed by atoms with Crippen LogP contribution in [0.2, 0.25) is 5.02 Å². The fourth-order valence-electron chi connectivity index (χ4n) is 3.78. The van der Waals surface area contributed by atoms with Crippen molar-refractivity contribution in [1.29, 1.82) is 0 Å². The lowest BCUT2D eigenvalue weighted by Gasteiger charge is -2.37. The van der Waals surface area contributed by atoms with Crippen molar-refractivity contribution in [2.45, 2.75) is 32.6 Å². The van der Waals surface area contributed by atoms with Gasteiger partial charge in [-0.3, -0.25) is 9.59 Å². The maximum absolute atomic E-state index is 12.7. The van der Waals surface area contributed by atoms with Crippen LogP contribution in [0.1, 0.15) is 43.0 Å². The van der Waals surface area contributed by atoms with E-state index in [4.69, 9.17) is 11.6 Å². The summed E-state index contributed by atoms with van der Waals surface area (Å²) in [6.07, 6.45) is 3.85. The van der Waals surface area contributed by atoms with Gasteiger partial charge in [0.15, 0.2) is 0 Å². The van der Waals surface area contributed by atoms with Crippen molar-refractivity contribution < 1.29 is 9.59 Å². The van der Waals surface area contributed by atoms with Crippen molar-refractivity contribution in [2.24, 2.45) is 11.8 Å². The second kappa shape index (κ2) is 7.56. The van der Waals surface area contributed by atoms with Crippen LogP contribution >= 0.6 is 11.6 Å². The van der Waals surface area contributed by atoms with E-state index in [9.17, 15) is 9.59 Å². The zero-order valence-corrected chi connectivity index (χ0v) is 15.0. The number of carbonyl (C=O) groups is 2. The van der Waals surface area contributed by atoms with Crippen LogP contribution < -0.4 is 0 Å². The van der Waals surface area contributed by atoms with Crippen molar-refractivity contribution in [3.05, 3.63) is 34.9 Å². The number of rotatable bonds is 2. The molecule has 2 heterocycles. The molecular formula is C19H25ClN2O2. The normalized spacial score (nSPS) is 22.5. The van der Waals surface area contributed by atoms with Crippen molar-refractivity contribution >= 4 is 23.4 Å². The van der Waals surface area contributed by atoms with Crippen LogP contribution in [0.25, 0.3) is 0 Å². The van der Waals surface area contributed by atoms with Gasteiger partial charge in [-0.2, -0.15) is 0 Å². The Kier molecular flexibility index (Phi) is 5.44. The van der Waals surface area contributed by atoms with Gasteiger partial charge in [-0.15, -0.1) is 0 Å². The first-order chi connectivity index (χ1) is 11.5. The number of halogens is 1. The highest BCUT2D eigenvalue weighted by molar-refractivity contribution is 6.30. The summed E-state index contributed by atoms with van der Waals surface area (Å²) in [5.74, 6) is 0.970. The molecule has 0 saturated carbocycles. The molecule has 2 amide bonds. The first-order valence-corrected chi connectivity index (χ1v) is 9.26. The Hall–Kier alpha value is -1.55. The Bertz CT molecular complexity index is 611. The summed E-state index contributed by atoms with van der Waals surface area (Å²) >= 11 is 5.97. The van der Waals surface area contributed by atoms with Crippen molar-refractivity contribution in [1.82, 2.24) is 9.80 Å². The summed E-state index contributed by atoms with van der Waals surface area (Å²) in [5, 5.41) is 0.574. The lowest BCUT2D eigenvalue weighted by atomic mass is 9.92. The van der Waals surface area contributed by atoms with Crippen LogP contribution in [0.3, 0.4) is 0 Å². The summed E-state index contributed by atoms with van der Waals surface area (Å²) in [5.41, 5.74) is 0.622. The largest absolute Gasteiger partial charge is 0.342 e. The van der Waals surface area contributed by atoms with Gasteiger partial charge < -0.3 is 9.80 Å². The first-order valence-electron chi connectivity index (χ1n) is 8.88. The Morgan fingerprint density at radius 2 is 1.83 bits per heavy atom. The molecule has 0 aliphatic carbocycles. The quantitative estimate of drug-likeness (QED) is 0.821. The first kappa shape index (κ1) is 17.3. The molecule has 0 bridgehead atoms. The van der Waals surface area contributed by atoms with Gasteiger partial charge in [0, 0.05) is 42.7 Å². The van der Waals surface area contributed by atoms with E-state index in [1.54, 1.807) is 24.3 Å². The fraction of sp³-hybridized carbons (Fsp3) is 0.579. The Balaban J connectivity index is 1.55. The minimum Gasteiger partial charge on any atom is -0.342 e. The van der Waals surface area contributed by atoms with Crippen LogP contribution in [0, 0.1) is 11.8 Å². The number of nitrogens with zero attached hydrogens (tertiary/aromatic N) is 2. The van der Waals surface area contributed by atoms with E-state index in [1.165, 1.54) is 6.42 Å². The molecule has 0 N–H and O–H groups in total. The smallest absolute Gasteiger partial charge is 0.253 e. The lowest BCUT2D eigenvalue weighted by molar-refractivity contribution is -0.138. The second-order valence-electron chi connectivity index (χ2n) is 7.11. The maximum atomic E-state index is 12.7. The number of likely N-dealkylation sites (tertiary alicyclic amines) is 2. The van der Waals surface area contributed by atoms with Gasteiger partial charge in [-0.1, -0.05) is 24.6 Å². The zero-order chi connectivity index (χ0) is 17.1. The van der Waals surface area contributed by atoms with E-state index in [0.717, 1.165) is 32.4 Å². The van der Waals surface area contributed by atoms with E-state index >= 15 is 0 Å². The third kappa shape index (κ3) is 3.92. The fourth-order valence-corrected chi connectivity index (χ4v) is 3.97. The third-order valence-corrected chi connectivity index (χ3v) is 5.41. The zero-order valence-electron chi connectivity index (χ0n) is 14.2. The average molecular weight is 349 g/mol.